The lowest BCUT2D eigenvalue weighted by molar-refractivity contribution is -0.113. The first kappa shape index (κ1) is 20.3. The van der Waals surface area contributed by atoms with E-state index < -0.39 is 0 Å². The van der Waals surface area contributed by atoms with Crippen molar-refractivity contribution >= 4 is 35.0 Å². The quantitative estimate of drug-likeness (QED) is 0.575. The molecule has 0 saturated heterocycles. The summed E-state index contributed by atoms with van der Waals surface area (Å²) in [6, 6.07) is 14.0. The summed E-state index contributed by atoms with van der Waals surface area (Å²) in [4.78, 5) is 14.5. The van der Waals surface area contributed by atoms with Gasteiger partial charge < -0.3 is 15.0 Å². The van der Waals surface area contributed by atoms with Crippen LogP contribution in [0.15, 0.2) is 47.6 Å². The molecule has 0 aliphatic carbocycles. The van der Waals surface area contributed by atoms with E-state index in [-0.39, 0.29) is 11.7 Å². The highest BCUT2D eigenvalue weighted by molar-refractivity contribution is 7.99. The number of nitrogens with zero attached hydrogens (tertiary/aromatic N) is 4. The highest BCUT2D eigenvalue weighted by Gasteiger charge is 2.26. The average molecular weight is 424 g/mol. The molecule has 1 aromatic heterocycles. The van der Waals surface area contributed by atoms with E-state index >= 15 is 0 Å². The lowest BCUT2D eigenvalue weighted by atomic mass is 10.1. The van der Waals surface area contributed by atoms with Crippen molar-refractivity contribution in [2.75, 3.05) is 29.1 Å². The summed E-state index contributed by atoms with van der Waals surface area (Å²) in [5, 5.41) is 12.4. The van der Waals surface area contributed by atoms with Crippen LogP contribution in [0.3, 0.4) is 0 Å². The van der Waals surface area contributed by atoms with Gasteiger partial charge in [-0.05, 0) is 68.3 Å². The van der Waals surface area contributed by atoms with Crippen LogP contribution in [0.1, 0.15) is 18.1 Å². The molecule has 30 heavy (non-hydrogen) atoms. The summed E-state index contributed by atoms with van der Waals surface area (Å²) in [5.41, 5.74) is 4.13. The van der Waals surface area contributed by atoms with Crippen LogP contribution in [0.25, 0.3) is 0 Å². The number of thioether (sulfide) groups is 1. The molecule has 1 N–H and O–H groups in total. The van der Waals surface area contributed by atoms with Crippen LogP contribution in [0.5, 0.6) is 5.75 Å². The summed E-state index contributed by atoms with van der Waals surface area (Å²) in [7, 11) is 0. The summed E-state index contributed by atoms with van der Waals surface area (Å²) in [6.45, 7) is 8.27. The van der Waals surface area contributed by atoms with Crippen LogP contribution in [0.2, 0.25) is 0 Å². The van der Waals surface area contributed by atoms with Crippen LogP contribution in [0, 0.1) is 13.8 Å². The number of carbonyl (C=O) groups is 1. The number of aryl methyl sites for hydroxylation is 2. The molecule has 156 valence electrons. The Morgan fingerprint density at radius 2 is 1.83 bits per heavy atom. The molecule has 0 fully saturated rings. The lowest BCUT2D eigenvalue weighted by Gasteiger charge is -2.15. The van der Waals surface area contributed by atoms with E-state index in [1.165, 1.54) is 11.8 Å². The molecule has 4 rings (SSSR count). The average Bonchev–Trinajstić information content (AvgIpc) is 3.29. The molecule has 8 heteroatoms. The van der Waals surface area contributed by atoms with E-state index in [1.807, 2.05) is 57.2 Å². The second-order valence-electron chi connectivity index (χ2n) is 7.23. The number of hydrogen-bond acceptors (Lipinski definition) is 6. The van der Waals surface area contributed by atoms with Crippen molar-refractivity contribution in [2.24, 2.45) is 0 Å². The van der Waals surface area contributed by atoms with Gasteiger partial charge in [-0.3, -0.25) is 9.36 Å². The number of ether oxygens (including phenoxy) is 1. The number of hydrogen-bond donors (Lipinski definition) is 1. The fourth-order valence-electron chi connectivity index (χ4n) is 3.59. The molecule has 7 nitrogen and oxygen atoms in total. The van der Waals surface area contributed by atoms with Gasteiger partial charge in [-0.1, -0.05) is 17.8 Å². The Hall–Kier alpha value is -3.00. The lowest BCUT2D eigenvalue weighted by Crippen LogP contribution is -2.15. The molecule has 0 saturated carbocycles. The van der Waals surface area contributed by atoms with E-state index in [1.54, 1.807) is 0 Å². The zero-order chi connectivity index (χ0) is 21.1. The molecule has 1 aliphatic heterocycles. The molecule has 2 heterocycles. The summed E-state index contributed by atoms with van der Waals surface area (Å²) >= 11 is 1.41. The highest BCUT2D eigenvalue weighted by atomic mass is 32.2. The number of anilines is 3. The van der Waals surface area contributed by atoms with E-state index in [0.717, 1.165) is 52.4 Å². The smallest absolute Gasteiger partial charge is 0.234 e. The van der Waals surface area contributed by atoms with Crippen LogP contribution < -0.4 is 15.0 Å². The summed E-state index contributed by atoms with van der Waals surface area (Å²) in [5.74, 6) is 1.89. The van der Waals surface area contributed by atoms with Gasteiger partial charge in [-0.2, -0.15) is 0 Å². The first-order chi connectivity index (χ1) is 14.5. The van der Waals surface area contributed by atoms with Crippen LogP contribution in [-0.4, -0.2) is 39.6 Å². The normalized spacial score (nSPS) is 12.7. The minimum absolute atomic E-state index is 0.0521. The molecular formula is C22H25N5O2S. The largest absolute Gasteiger partial charge is 0.494 e. The van der Waals surface area contributed by atoms with Gasteiger partial charge in [0.15, 0.2) is 5.16 Å². The molecule has 0 bridgehead atoms. The number of carbonyl (C=O) groups excluding carboxylic acids is 1. The van der Waals surface area contributed by atoms with Crippen molar-refractivity contribution in [3.8, 4) is 5.75 Å². The molecular weight excluding hydrogens is 398 g/mol. The number of fused-ring (bicyclic) bond motifs is 1. The number of amides is 1. The van der Waals surface area contributed by atoms with E-state index in [9.17, 15) is 4.79 Å². The van der Waals surface area contributed by atoms with Crippen molar-refractivity contribution in [3.05, 3.63) is 53.6 Å². The monoisotopic (exact) mass is 423 g/mol. The first-order valence-electron chi connectivity index (χ1n) is 9.98. The second-order valence-corrected chi connectivity index (χ2v) is 8.17. The van der Waals surface area contributed by atoms with Gasteiger partial charge in [0, 0.05) is 24.5 Å². The fourth-order valence-corrected chi connectivity index (χ4v) is 4.35. The fraction of sp³-hybridized carbons (Fsp3) is 0.318. The number of aromatic nitrogens is 3. The molecule has 0 radical (unpaired) electrons. The molecule has 0 atom stereocenters. The van der Waals surface area contributed by atoms with Crippen molar-refractivity contribution in [3.63, 3.8) is 0 Å². The van der Waals surface area contributed by atoms with E-state index in [4.69, 9.17) is 4.74 Å². The Kier molecular flexibility index (Phi) is 5.94. The van der Waals surface area contributed by atoms with Gasteiger partial charge >= 0.3 is 0 Å². The third-order valence-electron chi connectivity index (χ3n) is 4.78. The molecule has 2 aromatic carbocycles. The summed E-state index contributed by atoms with van der Waals surface area (Å²) in [6.07, 6.45) is 0. The Morgan fingerprint density at radius 1 is 1.10 bits per heavy atom. The SMILES string of the molecule is CCOc1ccc(N2CCn3c(SCC(=O)Nc4cc(C)cc(C)c4)nnc32)cc1. The molecule has 0 unspecified atom stereocenters. The van der Waals surface area contributed by atoms with Crippen molar-refractivity contribution in [2.45, 2.75) is 32.5 Å². The van der Waals surface area contributed by atoms with Gasteiger partial charge in [0.2, 0.25) is 11.9 Å². The Labute approximate surface area is 180 Å². The predicted octanol–water partition coefficient (Wildman–Crippen LogP) is 4.18. The van der Waals surface area contributed by atoms with Gasteiger partial charge in [0.05, 0.1) is 12.4 Å². The number of benzene rings is 2. The van der Waals surface area contributed by atoms with Crippen molar-refractivity contribution in [1.29, 1.82) is 0 Å². The Morgan fingerprint density at radius 3 is 2.53 bits per heavy atom. The van der Waals surface area contributed by atoms with Crippen molar-refractivity contribution in [1.82, 2.24) is 14.8 Å². The molecule has 3 aromatic rings. The predicted molar refractivity (Wildman–Crippen MR) is 120 cm³/mol. The Balaban J connectivity index is 1.39. The van der Waals surface area contributed by atoms with Crippen molar-refractivity contribution < 1.29 is 9.53 Å². The van der Waals surface area contributed by atoms with Gasteiger partial charge in [0.25, 0.3) is 0 Å². The van der Waals surface area contributed by atoms with Gasteiger partial charge in [-0.15, -0.1) is 10.2 Å². The van der Waals surface area contributed by atoms with Crippen LogP contribution >= 0.6 is 11.8 Å². The zero-order valence-electron chi connectivity index (χ0n) is 17.4. The second kappa shape index (κ2) is 8.79. The molecule has 1 aliphatic rings. The number of nitrogens with one attached hydrogen (secondary N) is 1. The van der Waals surface area contributed by atoms with Gasteiger partial charge in [0.1, 0.15) is 5.75 Å². The minimum Gasteiger partial charge on any atom is -0.494 e. The third-order valence-corrected chi connectivity index (χ3v) is 5.75. The maximum absolute atomic E-state index is 12.4. The third kappa shape index (κ3) is 4.43. The molecule has 0 spiro atoms. The highest BCUT2D eigenvalue weighted by Crippen LogP contribution is 2.32. The van der Waals surface area contributed by atoms with Crippen LogP contribution in [-0.2, 0) is 11.3 Å². The van der Waals surface area contributed by atoms with Crippen LogP contribution in [0.4, 0.5) is 17.3 Å². The summed E-state index contributed by atoms with van der Waals surface area (Å²) < 4.78 is 7.57. The van der Waals surface area contributed by atoms with E-state index in [0.29, 0.717) is 6.61 Å². The van der Waals surface area contributed by atoms with E-state index in [2.05, 4.69) is 31.0 Å². The van der Waals surface area contributed by atoms with Gasteiger partial charge in [-0.25, -0.2) is 0 Å². The maximum atomic E-state index is 12.4. The topological polar surface area (TPSA) is 72.3 Å². The zero-order valence-corrected chi connectivity index (χ0v) is 18.2. The first-order valence-corrected chi connectivity index (χ1v) is 11.0. The minimum atomic E-state index is -0.0521. The molecule has 1 amide bonds. The standard InChI is InChI=1S/C22H25N5O2S/c1-4-29-19-7-5-18(6-8-19)26-9-10-27-21(26)24-25-22(27)30-14-20(28)23-17-12-15(2)11-16(3)13-17/h5-8,11-13H,4,9-10,14H2,1-3H3,(H,23,28). The Bertz CT molecular complexity index is 1030. The maximum Gasteiger partial charge on any atom is 0.234 e. The number of rotatable bonds is 7.